The van der Waals surface area contributed by atoms with E-state index in [2.05, 4.69) is 5.32 Å². The molecule has 0 saturated carbocycles. The van der Waals surface area contributed by atoms with Crippen LogP contribution in [0.1, 0.15) is 32.6 Å². The molecule has 1 aliphatic heterocycles. The van der Waals surface area contributed by atoms with E-state index in [1.54, 1.807) is 4.90 Å². The summed E-state index contributed by atoms with van der Waals surface area (Å²) in [6.45, 7) is 3.28. The minimum absolute atomic E-state index is 0.0231. The molecule has 1 fully saturated rings. The van der Waals surface area contributed by atoms with E-state index < -0.39 is 5.97 Å². The maximum atomic E-state index is 11.8. The molecule has 0 bridgehead atoms. The van der Waals surface area contributed by atoms with E-state index >= 15 is 0 Å². The maximum absolute atomic E-state index is 11.8. The lowest BCUT2D eigenvalue weighted by molar-refractivity contribution is -0.137. The molecule has 1 aliphatic rings. The van der Waals surface area contributed by atoms with Crippen molar-refractivity contribution in [3.8, 4) is 0 Å². The first-order chi connectivity index (χ1) is 8.52. The fourth-order valence-electron chi connectivity index (χ4n) is 2.10. The Labute approximate surface area is 107 Å². The number of nitrogens with one attached hydrogen (secondary N) is 1. The lowest BCUT2D eigenvalue weighted by atomic mass is 10.1. The molecule has 0 radical (unpaired) electrons. The van der Waals surface area contributed by atoms with Gasteiger partial charge in [-0.25, -0.2) is 4.79 Å². The monoisotopic (exact) mass is 258 g/mol. The van der Waals surface area contributed by atoms with Crippen LogP contribution < -0.4 is 5.32 Å². The smallest absolute Gasteiger partial charge is 0.317 e. The molecule has 0 aromatic heterocycles. The van der Waals surface area contributed by atoms with Crippen molar-refractivity contribution in [2.24, 2.45) is 5.92 Å². The van der Waals surface area contributed by atoms with Gasteiger partial charge in [-0.15, -0.1) is 0 Å². The van der Waals surface area contributed by atoms with Crippen molar-refractivity contribution in [3.63, 3.8) is 0 Å². The number of aliphatic hydroxyl groups excluding tert-OH is 1. The quantitative estimate of drug-likeness (QED) is 0.652. The van der Waals surface area contributed by atoms with Gasteiger partial charge in [-0.1, -0.05) is 0 Å². The van der Waals surface area contributed by atoms with Crippen LogP contribution in [0.4, 0.5) is 4.79 Å². The van der Waals surface area contributed by atoms with Crippen LogP contribution in [-0.4, -0.2) is 52.9 Å². The van der Waals surface area contributed by atoms with Crippen LogP contribution in [0.25, 0.3) is 0 Å². The highest BCUT2D eigenvalue weighted by atomic mass is 16.4. The Kier molecular flexibility index (Phi) is 5.91. The van der Waals surface area contributed by atoms with Crippen molar-refractivity contribution >= 4 is 12.0 Å². The van der Waals surface area contributed by atoms with E-state index in [0.717, 1.165) is 6.42 Å². The van der Waals surface area contributed by atoms with Crippen LogP contribution in [0, 0.1) is 5.92 Å². The second-order valence-electron chi connectivity index (χ2n) is 4.92. The summed E-state index contributed by atoms with van der Waals surface area (Å²) in [5.41, 5.74) is 0. The van der Waals surface area contributed by atoms with Gasteiger partial charge in [0.15, 0.2) is 0 Å². The summed E-state index contributed by atoms with van der Waals surface area (Å²) >= 11 is 0. The minimum Gasteiger partial charge on any atom is -0.481 e. The topological polar surface area (TPSA) is 89.9 Å². The Hall–Kier alpha value is -1.30. The van der Waals surface area contributed by atoms with Gasteiger partial charge in [0.05, 0.1) is 0 Å². The highest BCUT2D eigenvalue weighted by Crippen LogP contribution is 2.15. The first-order valence-electron chi connectivity index (χ1n) is 6.41. The van der Waals surface area contributed by atoms with Crippen molar-refractivity contribution in [2.45, 2.75) is 38.6 Å². The summed E-state index contributed by atoms with van der Waals surface area (Å²) in [7, 11) is 0. The standard InChI is InChI=1S/C12H22N2O4/c1-9(3-2-4-11(16)17)13-12(18)14-6-5-10(7-14)8-15/h9-10,15H,2-8H2,1H3,(H,13,18)(H,16,17). The number of aliphatic carboxylic acids is 1. The fourth-order valence-corrected chi connectivity index (χ4v) is 2.10. The summed E-state index contributed by atoms with van der Waals surface area (Å²) in [4.78, 5) is 23.9. The summed E-state index contributed by atoms with van der Waals surface area (Å²) in [5.74, 6) is -0.614. The zero-order valence-corrected chi connectivity index (χ0v) is 10.8. The van der Waals surface area contributed by atoms with E-state index in [0.29, 0.717) is 25.9 Å². The molecule has 0 aliphatic carbocycles. The van der Waals surface area contributed by atoms with Crippen LogP contribution in [0.5, 0.6) is 0 Å². The number of likely N-dealkylation sites (tertiary alicyclic amines) is 1. The summed E-state index contributed by atoms with van der Waals surface area (Å²) in [5, 5.41) is 20.4. The molecule has 0 aromatic carbocycles. The number of carboxylic acid groups (broad SMARTS) is 1. The lowest BCUT2D eigenvalue weighted by Gasteiger charge is -2.20. The predicted molar refractivity (Wildman–Crippen MR) is 66.2 cm³/mol. The van der Waals surface area contributed by atoms with E-state index in [1.807, 2.05) is 6.92 Å². The van der Waals surface area contributed by atoms with Crippen molar-refractivity contribution in [1.29, 1.82) is 0 Å². The number of hydrogen-bond donors (Lipinski definition) is 3. The van der Waals surface area contributed by atoms with Gasteiger partial charge < -0.3 is 20.4 Å². The third kappa shape index (κ3) is 4.91. The summed E-state index contributed by atoms with van der Waals surface area (Å²) in [6.07, 6.45) is 2.21. The largest absolute Gasteiger partial charge is 0.481 e. The number of urea groups is 1. The molecule has 2 amide bonds. The van der Waals surface area contributed by atoms with Crippen molar-refractivity contribution in [3.05, 3.63) is 0 Å². The Balaban J connectivity index is 2.21. The zero-order valence-electron chi connectivity index (χ0n) is 10.8. The summed E-state index contributed by atoms with van der Waals surface area (Å²) < 4.78 is 0. The first-order valence-corrected chi connectivity index (χ1v) is 6.41. The Morgan fingerprint density at radius 2 is 2.22 bits per heavy atom. The van der Waals surface area contributed by atoms with E-state index in [1.165, 1.54) is 0 Å². The number of nitrogens with zero attached hydrogens (tertiary/aromatic N) is 1. The van der Waals surface area contributed by atoms with Gasteiger partial charge in [-0.05, 0) is 26.2 Å². The van der Waals surface area contributed by atoms with E-state index in [-0.39, 0.29) is 31.0 Å². The number of hydrogen-bond acceptors (Lipinski definition) is 3. The number of amides is 2. The molecule has 2 atom stereocenters. The SMILES string of the molecule is CC(CCCC(=O)O)NC(=O)N1CCC(CO)C1. The Bertz CT molecular complexity index is 296. The molecule has 104 valence electrons. The molecule has 1 saturated heterocycles. The normalized spacial score (nSPS) is 20.8. The molecule has 0 spiro atoms. The first kappa shape index (κ1) is 14.8. The molecule has 0 aromatic rings. The average Bonchev–Trinajstić information content (AvgIpc) is 2.76. The molecular weight excluding hydrogens is 236 g/mol. The molecule has 3 N–H and O–H groups in total. The minimum atomic E-state index is -0.807. The molecular formula is C12H22N2O4. The highest BCUT2D eigenvalue weighted by Gasteiger charge is 2.26. The third-order valence-corrected chi connectivity index (χ3v) is 3.23. The van der Waals surface area contributed by atoms with Crippen molar-refractivity contribution < 1.29 is 19.8 Å². The molecule has 2 unspecified atom stereocenters. The van der Waals surface area contributed by atoms with Gasteiger partial charge in [-0.2, -0.15) is 0 Å². The number of carboxylic acids is 1. The fraction of sp³-hybridized carbons (Fsp3) is 0.833. The predicted octanol–water partition coefficient (Wildman–Crippen LogP) is 0.654. The molecule has 1 rings (SSSR count). The highest BCUT2D eigenvalue weighted by molar-refractivity contribution is 5.74. The molecule has 1 heterocycles. The number of aliphatic hydroxyl groups is 1. The average molecular weight is 258 g/mol. The van der Waals surface area contributed by atoms with E-state index in [9.17, 15) is 9.59 Å². The van der Waals surface area contributed by atoms with Crippen LogP contribution in [0.15, 0.2) is 0 Å². The van der Waals surface area contributed by atoms with Gasteiger partial charge in [0.1, 0.15) is 0 Å². The van der Waals surface area contributed by atoms with Crippen molar-refractivity contribution in [1.82, 2.24) is 10.2 Å². The zero-order chi connectivity index (χ0) is 13.5. The van der Waals surface area contributed by atoms with Crippen LogP contribution >= 0.6 is 0 Å². The van der Waals surface area contributed by atoms with Gasteiger partial charge in [0.25, 0.3) is 0 Å². The molecule has 6 heteroatoms. The second kappa shape index (κ2) is 7.20. The number of carbonyl (C=O) groups is 2. The van der Waals surface area contributed by atoms with Crippen LogP contribution in [-0.2, 0) is 4.79 Å². The Morgan fingerprint density at radius 3 is 2.78 bits per heavy atom. The van der Waals surface area contributed by atoms with Gasteiger partial charge in [0.2, 0.25) is 0 Å². The lowest BCUT2D eigenvalue weighted by Crippen LogP contribution is -2.42. The number of rotatable bonds is 6. The van der Waals surface area contributed by atoms with Crippen LogP contribution in [0.3, 0.4) is 0 Å². The molecule has 6 nitrogen and oxygen atoms in total. The Morgan fingerprint density at radius 1 is 1.50 bits per heavy atom. The third-order valence-electron chi connectivity index (χ3n) is 3.23. The summed E-state index contributed by atoms with van der Waals surface area (Å²) in [6, 6.07) is -0.140. The molecule has 18 heavy (non-hydrogen) atoms. The maximum Gasteiger partial charge on any atom is 0.317 e. The number of carbonyl (C=O) groups excluding carboxylic acids is 1. The van der Waals surface area contributed by atoms with Gasteiger partial charge in [-0.3, -0.25) is 4.79 Å². The van der Waals surface area contributed by atoms with Crippen LogP contribution in [0.2, 0.25) is 0 Å². The van der Waals surface area contributed by atoms with Gasteiger partial charge >= 0.3 is 12.0 Å². The van der Waals surface area contributed by atoms with Gasteiger partial charge in [0, 0.05) is 38.1 Å². The van der Waals surface area contributed by atoms with Crippen molar-refractivity contribution in [2.75, 3.05) is 19.7 Å². The van der Waals surface area contributed by atoms with E-state index in [4.69, 9.17) is 10.2 Å². The second-order valence-corrected chi connectivity index (χ2v) is 4.92.